The molecule has 1 atom stereocenters. The van der Waals surface area contributed by atoms with Crippen LogP contribution in [-0.4, -0.2) is 31.1 Å². The van der Waals surface area contributed by atoms with Crippen molar-refractivity contribution in [2.75, 3.05) is 25.5 Å². The Morgan fingerprint density at radius 3 is 3.00 bits per heavy atom. The summed E-state index contributed by atoms with van der Waals surface area (Å²) in [6, 6.07) is 5.60. The van der Waals surface area contributed by atoms with Crippen molar-refractivity contribution in [3.8, 4) is 0 Å². The summed E-state index contributed by atoms with van der Waals surface area (Å²) in [5.41, 5.74) is 1.04. The van der Waals surface area contributed by atoms with Gasteiger partial charge in [-0.2, -0.15) is 0 Å². The second kappa shape index (κ2) is 6.70. The monoisotopic (exact) mass is 362 g/mol. The Balaban J connectivity index is 1.81. The minimum atomic E-state index is -0.169. The first kappa shape index (κ1) is 14.1. The van der Waals surface area contributed by atoms with E-state index < -0.39 is 0 Å². The molecule has 2 rings (SSSR count). The third-order valence-corrected chi connectivity index (χ3v) is 4.54. The summed E-state index contributed by atoms with van der Waals surface area (Å²) >= 11 is 2.17. The lowest BCUT2D eigenvalue weighted by molar-refractivity contribution is 0.179. The molecule has 1 heterocycles. The van der Waals surface area contributed by atoms with E-state index in [0.29, 0.717) is 6.04 Å². The van der Waals surface area contributed by atoms with Crippen molar-refractivity contribution >= 4 is 28.3 Å². The molecule has 1 aromatic carbocycles. The van der Waals surface area contributed by atoms with E-state index in [4.69, 9.17) is 0 Å². The fourth-order valence-corrected chi connectivity index (χ4v) is 3.18. The summed E-state index contributed by atoms with van der Waals surface area (Å²) in [6.07, 6.45) is 5.14. The molecule has 1 N–H and O–H groups in total. The topological polar surface area (TPSA) is 15.3 Å². The minimum absolute atomic E-state index is 0.169. The van der Waals surface area contributed by atoms with Gasteiger partial charge < -0.3 is 10.2 Å². The van der Waals surface area contributed by atoms with Crippen LogP contribution in [0.3, 0.4) is 0 Å². The van der Waals surface area contributed by atoms with Crippen molar-refractivity contribution in [2.24, 2.45) is 0 Å². The predicted octanol–water partition coefficient (Wildman–Crippen LogP) is 3.72. The lowest BCUT2D eigenvalue weighted by Crippen LogP contribution is -2.37. The molecule has 1 aliphatic rings. The summed E-state index contributed by atoms with van der Waals surface area (Å²) in [5.74, 6) is -0.169. The highest BCUT2D eigenvalue weighted by Crippen LogP contribution is 2.21. The molecule has 1 aliphatic heterocycles. The van der Waals surface area contributed by atoms with Gasteiger partial charge >= 0.3 is 0 Å². The number of likely N-dealkylation sites (tertiary alicyclic amines) is 1. The number of nitrogens with one attached hydrogen (secondary N) is 1. The molecule has 0 radical (unpaired) electrons. The number of hydrogen-bond donors (Lipinski definition) is 1. The molecular weight excluding hydrogens is 342 g/mol. The van der Waals surface area contributed by atoms with Gasteiger partial charge in [-0.25, -0.2) is 4.39 Å². The zero-order valence-corrected chi connectivity index (χ0v) is 12.9. The zero-order chi connectivity index (χ0) is 13.0. The number of anilines is 1. The highest BCUT2D eigenvalue weighted by molar-refractivity contribution is 14.1. The molecule has 0 spiro atoms. The molecule has 0 aromatic heterocycles. The molecule has 4 heteroatoms. The van der Waals surface area contributed by atoms with E-state index in [-0.39, 0.29) is 5.82 Å². The van der Waals surface area contributed by atoms with E-state index in [2.05, 4.69) is 39.9 Å². The summed E-state index contributed by atoms with van der Waals surface area (Å²) in [7, 11) is 2.21. The van der Waals surface area contributed by atoms with E-state index in [1.807, 2.05) is 6.07 Å². The van der Waals surface area contributed by atoms with Gasteiger partial charge in [0.1, 0.15) is 5.82 Å². The first-order chi connectivity index (χ1) is 8.66. The Labute approximate surface area is 122 Å². The molecule has 1 saturated heterocycles. The number of halogens is 2. The molecule has 18 heavy (non-hydrogen) atoms. The number of benzene rings is 1. The molecule has 0 amide bonds. The third-order valence-electron chi connectivity index (χ3n) is 3.65. The van der Waals surface area contributed by atoms with Crippen LogP contribution in [0.25, 0.3) is 0 Å². The Bertz CT molecular complexity index is 397. The zero-order valence-electron chi connectivity index (χ0n) is 10.8. The van der Waals surface area contributed by atoms with Crippen LogP contribution in [0.2, 0.25) is 0 Å². The summed E-state index contributed by atoms with van der Waals surface area (Å²) in [5, 5.41) is 3.41. The standard InChI is InChI=1S/C14H20FIN2/c1-18-9-3-2-4-12(18)7-8-17-14-6-5-11(15)10-13(14)16/h5-6,10,12,17H,2-4,7-9H2,1H3. The van der Waals surface area contributed by atoms with Gasteiger partial charge in [-0.1, -0.05) is 6.42 Å². The van der Waals surface area contributed by atoms with Gasteiger partial charge in [-0.05, 0) is 73.6 Å². The van der Waals surface area contributed by atoms with E-state index >= 15 is 0 Å². The predicted molar refractivity (Wildman–Crippen MR) is 82.5 cm³/mol. The van der Waals surface area contributed by atoms with Gasteiger partial charge in [0.15, 0.2) is 0 Å². The molecule has 2 nitrogen and oxygen atoms in total. The van der Waals surface area contributed by atoms with E-state index in [9.17, 15) is 4.39 Å². The second-order valence-electron chi connectivity index (χ2n) is 4.97. The first-order valence-electron chi connectivity index (χ1n) is 6.56. The molecule has 0 bridgehead atoms. The average Bonchev–Trinajstić information content (AvgIpc) is 2.34. The summed E-state index contributed by atoms with van der Waals surface area (Å²) in [4.78, 5) is 2.46. The van der Waals surface area contributed by atoms with Crippen molar-refractivity contribution in [2.45, 2.75) is 31.7 Å². The van der Waals surface area contributed by atoms with Crippen LogP contribution in [0.5, 0.6) is 0 Å². The van der Waals surface area contributed by atoms with Crippen LogP contribution in [0.1, 0.15) is 25.7 Å². The van der Waals surface area contributed by atoms with Crippen molar-refractivity contribution in [3.05, 3.63) is 27.6 Å². The van der Waals surface area contributed by atoms with Crippen LogP contribution in [0, 0.1) is 9.39 Å². The minimum Gasteiger partial charge on any atom is -0.384 e. The van der Waals surface area contributed by atoms with Crippen molar-refractivity contribution in [3.63, 3.8) is 0 Å². The highest BCUT2D eigenvalue weighted by atomic mass is 127. The summed E-state index contributed by atoms with van der Waals surface area (Å²) in [6.45, 7) is 2.18. The van der Waals surface area contributed by atoms with Crippen molar-refractivity contribution < 1.29 is 4.39 Å². The van der Waals surface area contributed by atoms with Gasteiger partial charge in [-0.15, -0.1) is 0 Å². The maximum absolute atomic E-state index is 13.0. The Morgan fingerprint density at radius 2 is 2.28 bits per heavy atom. The maximum atomic E-state index is 13.0. The molecule has 0 aliphatic carbocycles. The average molecular weight is 362 g/mol. The van der Waals surface area contributed by atoms with Crippen LogP contribution < -0.4 is 5.32 Å². The van der Waals surface area contributed by atoms with Gasteiger partial charge in [0.25, 0.3) is 0 Å². The molecule has 1 aromatic rings. The summed E-state index contributed by atoms with van der Waals surface area (Å²) < 4.78 is 13.9. The Kier molecular flexibility index (Phi) is 5.24. The van der Waals surface area contributed by atoms with Gasteiger partial charge in [0, 0.05) is 21.8 Å². The fraction of sp³-hybridized carbons (Fsp3) is 0.571. The van der Waals surface area contributed by atoms with Crippen LogP contribution in [-0.2, 0) is 0 Å². The molecule has 0 saturated carbocycles. The highest BCUT2D eigenvalue weighted by Gasteiger charge is 2.18. The van der Waals surface area contributed by atoms with E-state index in [0.717, 1.165) is 22.2 Å². The van der Waals surface area contributed by atoms with Crippen LogP contribution in [0.4, 0.5) is 10.1 Å². The largest absolute Gasteiger partial charge is 0.384 e. The Morgan fingerprint density at radius 1 is 1.44 bits per heavy atom. The SMILES string of the molecule is CN1CCCCC1CCNc1ccc(F)cc1I. The number of piperidine rings is 1. The molecule has 1 fully saturated rings. The number of hydrogen-bond acceptors (Lipinski definition) is 2. The molecular formula is C14H20FIN2. The van der Waals surface area contributed by atoms with Gasteiger partial charge in [0.05, 0.1) is 0 Å². The van der Waals surface area contributed by atoms with Crippen LogP contribution >= 0.6 is 22.6 Å². The quantitative estimate of drug-likeness (QED) is 0.822. The smallest absolute Gasteiger partial charge is 0.124 e. The van der Waals surface area contributed by atoms with Crippen LogP contribution in [0.15, 0.2) is 18.2 Å². The second-order valence-corrected chi connectivity index (χ2v) is 6.13. The van der Waals surface area contributed by atoms with E-state index in [1.54, 1.807) is 6.07 Å². The molecule has 1 unspecified atom stereocenters. The number of nitrogens with zero attached hydrogens (tertiary/aromatic N) is 1. The lowest BCUT2D eigenvalue weighted by atomic mass is 10.0. The molecule has 100 valence electrons. The first-order valence-corrected chi connectivity index (χ1v) is 7.64. The lowest BCUT2D eigenvalue weighted by Gasteiger charge is -2.32. The van der Waals surface area contributed by atoms with E-state index in [1.165, 1.54) is 31.9 Å². The van der Waals surface area contributed by atoms with Crippen molar-refractivity contribution in [1.82, 2.24) is 4.90 Å². The third kappa shape index (κ3) is 3.82. The van der Waals surface area contributed by atoms with Crippen molar-refractivity contribution in [1.29, 1.82) is 0 Å². The Hall–Kier alpha value is -0.360. The number of rotatable bonds is 4. The normalized spacial score (nSPS) is 20.9. The maximum Gasteiger partial charge on any atom is 0.124 e. The van der Waals surface area contributed by atoms with Gasteiger partial charge in [0.2, 0.25) is 0 Å². The fourth-order valence-electron chi connectivity index (χ4n) is 2.52. The van der Waals surface area contributed by atoms with Gasteiger partial charge in [-0.3, -0.25) is 0 Å².